The lowest BCUT2D eigenvalue weighted by atomic mass is 10.2. The zero-order valence-corrected chi connectivity index (χ0v) is 12.6. The molecule has 0 unspecified atom stereocenters. The quantitative estimate of drug-likeness (QED) is 0.797. The van der Waals surface area contributed by atoms with E-state index >= 15 is 0 Å². The van der Waals surface area contributed by atoms with E-state index in [1.54, 1.807) is 6.07 Å². The number of rotatable bonds is 3. The van der Waals surface area contributed by atoms with E-state index in [9.17, 15) is 9.18 Å². The molecule has 5 nitrogen and oxygen atoms in total. The van der Waals surface area contributed by atoms with E-state index in [0.717, 1.165) is 0 Å². The summed E-state index contributed by atoms with van der Waals surface area (Å²) in [4.78, 5) is 17.9. The SMILES string of the molecule is O=c1[nH]cc(-c2ncnn2Cc2c(F)cccc2Cl)cc1Cl. The Morgan fingerprint density at radius 2 is 2.09 bits per heavy atom. The van der Waals surface area contributed by atoms with Crippen LogP contribution in [0.4, 0.5) is 4.39 Å². The summed E-state index contributed by atoms with van der Waals surface area (Å²) in [6.07, 6.45) is 2.81. The Hall–Kier alpha value is -2.18. The van der Waals surface area contributed by atoms with Gasteiger partial charge in [-0.3, -0.25) is 4.79 Å². The topological polar surface area (TPSA) is 63.6 Å². The van der Waals surface area contributed by atoms with Crippen molar-refractivity contribution in [2.45, 2.75) is 6.54 Å². The van der Waals surface area contributed by atoms with Crippen molar-refractivity contribution in [2.24, 2.45) is 0 Å². The zero-order valence-electron chi connectivity index (χ0n) is 11.1. The Morgan fingerprint density at radius 3 is 2.82 bits per heavy atom. The van der Waals surface area contributed by atoms with Crippen LogP contribution in [0.15, 0.2) is 41.6 Å². The molecule has 8 heteroatoms. The number of nitrogens with one attached hydrogen (secondary N) is 1. The van der Waals surface area contributed by atoms with Gasteiger partial charge in [0.2, 0.25) is 0 Å². The molecule has 1 aromatic carbocycles. The molecule has 0 saturated carbocycles. The Labute approximate surface area is 134 Å². The fraction of sp³-hybridized carbons (Fsp3) is 0.0714. The molecule has 3 aromatic rings. The lowest BCUT2D eigenvalue weighted by Crippen LogP contribution is -2.09. The number of pyridine rings is 1. The minimum atomic E-state index is -0.423. The van der Waals surface area contributed by atoms with Crippen molar-refractivity contribution in [1.29, 1.82) is 0 Å². The van der Waals surface area contributed by atoms with Crippen LogP contribution < -0.4 is 5.56 Å². The highest BCUT2D eigenvalue weighted by molar-refractivity contribution is 6.31. The molecule has 0 radical (unpaired) electrons. The van der Waals surface area contributed by atoms with Crippen molar-refractivity contribution in [2.75, 3.05) is 0 Å². The van der Waals surface area contributed by atoms with Crippen LogP contribution in [0.1, 0.15) is 5.56 Å². The van der Waals surface area contributed by atoms with Crippen molar-refractivity contribution in [3.05, 3.63) is 68.6 Å². The summed E-state index contributed by atoms with van der Waals surface area (Å²) in [7, 11) is 0. The molecule has 0 aliphatic carbocycles. The molecule has 2 heterocycles. The number of hydrogen-bond acceptors (Lipinski definition) is 3. The first-order valence-corrected chi connectivity index (χ1v) is 7.01. The van der Waals surface area contributed by atoms with Crippen molar-refractivity contribution < 1.29 is 4.39 Å². The molecule has 0 amide bonds. The van der Waals surface area contributed by atoms with Crippen LogP contribution in [0.2, 0.25) is 10.0 Å². The lowest BCUT2D eigenvalue weighted by Gasteiger charge is -2.09. The number of nitrogens with zero attached hydrogens (tertiary/aromatic N) is 3. The predicted molar refractivity (Wildman–Crippen MR) is 81.6 cm³/mol. The predicted octanol–water partition coefficient (Wildman–Crippen LogP) is 3.13. The van der Waals surface area contributed by atoms with Crippen LogP contribution in [0, 0.1) is 5.82 Å². The second-order valence-electron chi connectivity index (χ2n) is 4.51. The largest absolute Gasteiger partial charge is 0.327 e. The van der Waals surface area contributed by atoms with Crippen LogP contribution in [0.5, 0.6) is 0 Å². The summed E-state index contributed by atoms with van der Waals surface area (Å²) in [5, 5.41) is 4.41. The number of benzene rings is 1. The first kappa shape index (κ1) is 14.7. The van der Waals surface area contributed by atoms with E-state index in [1.807, 2.05) is 0 Å². The highest BCUT2D eigenvalue weighted by Gasteiger charge is 2.13. The van der Waals surface area contributed by atoms with Crippen LogP contribution >= 0.6 is 23.2 Å². The van der Waals surface area contributed by atoms with Gasteiger partial charge in [0.05, 0.1) is 6.54 Å². The molecule has 112 valence electrons. The van der Waals surface area contributed by atoms with Gasteiger partial charge in [0, 0.05) is 22.3 Å². The number of hydrogen-bond donors (Lipinski definition) is 1. The summed E-state index contributed by atoms with van der Waals surface area (Å²) in [6, 6.07) is 5.94. The summed E-state index contributed by atoms with van der Waals surface area (Å²) in [6.45, 7) is 0.109. The second kappa shape index (κ2) is 5.90. The molecule has 2 aromatic heterocycles. The smallest absolute Gasteiger partial charge is 0.266 e. The molecule has 0 atom stereocenters. The Kier molecular flexibility index (Phi) is 3.96. The van der Waals surface area contributed by atoms with Gasteiger partial charge in [0.25, 0.3) is 5.56 Å². The van der Waals surface area contributed by atoms with Gasteiger partial charge in [0.1, 0.15) is 17.2 Å². The number of aromatic amines is 1. The molecule has 0 fully saturated rings. The third kappa shape index (κ3) is 2.75. The van der Waals surface area contributed by atoms with E-state index in [1.165, 1.54) is 35.4 Å². The summed E-state index contributed by atoms with van der Waals surface area (Å²) < 4.78 is 15.4. The van der Waals surface area contributed by atoms with E-state index in [-0.39, 0.29) is 11.6 Å². The maximum Gasteiger partial charge on any atom is 0.266 e. The van der Waals surface area contributed by atoms with Crippen LogP contribution in [-0.2, 0) is 6.54 Å². The van der Waals surface area contributed by atoms with Gasteiger partial charge in [-0.25, -0.2) is 14.1 Å². The minimum absolute atomic E-state index is 0.0379. The molecule has 22 heavy (non-hydrogen) atoms. The molecular weight excluding hydrogens is 330 g/mol. The standard InChI is InChI=1S/C14H9Cl2FN4O/c15-10-2-1-3-12(17)9(10)6-21-13(19-7-20-21)8-4-11(16)14(22)18-5-8/h1-5,7H,6H2,(H,18,22). The van der Waals surface area contributed by atoms with Crippen LogP contribution in [0.3, 0.4) is 0 Å². The van der Waals surface area contributed by atoms with Crippen molar-refractivity contribution in [1.82, 2.24) is 19.7 Å². The fourth-order valence-corrected chi connectivity index (χ4v) is 2.42. The second-order valence-corrected chi connectivity index (χ2v) is 5.32. The van der Waals surface area contributed by atoms with Gasteiger partial charge in [-0.05, 0) is 18.2 Å². The van der Waals surface area contributed by atoms with Gasteiger partial charge in [-0.15, -0.1) is 0 Å². The van der Waals surface area contributed by atoms with Gasteiger partial charge in [-0.1, -0.05) is 29.3 Å². The summed E-state index contributed by atoms with van der Waals surface area (Å²) in [5.74, 6) is 0.0194. The monoisotopic (exact) mass is 338 g/mol. The lowest BCUT2D eigenvalue weighted by molar-refractivity contribution is 0.587. The maximum atomic E-state index is 13.9. The number of halogens is 3. The van der Waals surface area contributed by atoms with Crippen molar-refractivity contribution >= 4 is 23.2 Å². The summed E-state index contributed by atoms with van der Waals surface area (Å²) >= 11 is 11.8. The molecule has 0 spiro atoms. The molecule has 0 saturated heterocycles. The van der Waals surface area contributed by atoms with E-state index in [4.69, 9.17) is 23.2 Å². The van der Waals surface area contributed by atoms with Gasteiger partial charge in [0.15, 0.2) is 5.82 Å². The Balaban J connectivity index is 2.02. The summed E-state index contributed by atoms with van der Waals surface area (Å²) in [5.41, 5.74) is 0.481. The molecule has 0 aliphatic heterocycles. The van der Waals surface area contributed by atoms with Crippen LogP contribution in [-0.4, -0.2) is 19.7 Å². The highest BCUT2D eigenvalue weighted by Crippen LogP contribution is 2.23. The highest BCUT2D eigenvalue weighted by atomic mass is 35.5. The van der Waals surface area contributed by atoms with E-state index < -0.39 is 11.4 Å². The van der Waals surface area contributed by atoms with Crippen molar-refractivity contribution in [3.63, 3.8) is 0 Å². The zero-order chi connectivity index (χ0) is 15.7. The molecule has 1 N–H and O–H groups in total. The average molecular weight is 339 g/mol. The Morgan fingerprint density at radius 1 is 1.27 bits per heavy atom. The maximum absolute atomic E-state index is 13.9. The van der Waals surface area contributed by atoms with E-state index in [0.29, 0.717) is 22.0 Å². The third-order valence-electron chi connectivity index (χ3n) is 3.10. The van der Waals surface area contributed by atoms with Gasteiger partial charge >= 0.3 is 0 Å². The molecular formula is C14H9Cl2FN4O. The number of H-pyrrole nitrogens is 1. The van der Waals surface area contributed by atoms with Crippen LogP contribution in [0.25, 0.3) is 11.4 Å². The molecule has 0 aliphatic rings. The average Bonchev–Trinajstić information content (AvgIpc) is 2.94. The molecule has 0 bridgehead atoms. The third-order valence-corrected chi connectivity index (χ3v) is 3.74. The first-order chi connectivity index (χ1) is 10.6. The van der Waals surface area contributed by atoms with Crippen molar-refractivity contribution in [3.8, 4) is 11.4 Å². The Bertz CT molecular complexity index is 870. The fourth-order valence-electron chi connectivity index (χ4n) is 2.02. The first-order valence-electron chi connectivity index (χ1n) is 6.25. The van der Waals surface area contributed by atoms with Gasteiger partial charge in [-0.2, -0.15) is 5.10 Å². The molecule has 3 rings (SSSR count). The van der Waals surface area contributed by atoms with E-state index in [2.05, 4.69) is 15.1 Å². The minimum Gasteiger partial charge on any atom is -0.327 e. The number of aromatic nitrogens is 4. The normalized spacial score (nSPS) is 10.9. The van der Waals surface area contributed by atoms with Gasteiger partial charge < -0.3 is 4.98 Å².